The van der Waals surface area contributed by atoms with Crippen molar-refractivity contribution in [1.29, 1.82) is 0 Å². The SMILES string of the molecule is CCCCCN(C(=O)CSCC(O)c1ccccc1)C(C)C. The molecule has 0 radical (unpaired) electrons. The molecule has 3 nitrogen and oxygen atoms in total. The van der Waals surface area contributed by atoms with Gasteiger partial charge in [-0.3, -0.25) is 4.79 Å². The third-order valence-electron chi connectivity index (χ3n) is 3.63. The topological polar surface area (TPSA) is 40.5 Å². The molecule has 1 amide bonds. The maximum Gasteiger partial charge on any atom is 0.232 e. The Hall–Kier alpha value is -1.00. The van der Waals surface area contributed by atoms with E-state index in [2.05, 4.69) is 20.8 Å². The van der Waals surface area contributed by atoms with E-state index in [4.69, 9.17) is 0 Å². The summed E-state index contributed by atoms with van der Waals surface area (Å²) in [6, 6.07) is 9.84. The molecule has 1 unspecified atom stereocenters. The van der Waals surface area contributed by atoms with E-state index in [1.165, 1.54) is 11.8 Å². The van der Waals surface area contributed by atoms with Crippen LogP contribution in [-0.4, -0.2) is 40.0 Å². The van der Waals surface area contributed by atoms with Gasteiger partial charge in [0.05, 0.1) is 11.9 Å². The highest BCUT2D eigenvalue weighted by molar-refractivity contribution is 7.99. The Morgan fingerprint density at radius 2 is 1.91 bits per heavy atom. The second kappa shape index (κ2) is 10.7. The zero-order valence-electron chi connectivity index (χ0n) is 14.0. The molecule has 4 heteroatoms. The predicted octanol–water partition coefficient (Wildman–Crippen LogP) is 3.88. The van der Waals surface area contributed by atoms with Gasteiger partial charge < -0.3 is 10.0 Å². The summed E-state index contributed by atoms with van der Waals surface area (Å²) in [6.07, 6.45) is 2.89. The average Bonchev–Trinajstić information content (AvgIpc) is 2.51. The van der Waals surface area contributed by atoms with E-state index in [1.807, 2.05) is 35.2 Å². The Kier molecular flexibility index (Phi) is 9.25. The van der Waals surface area contributed by atoms with Crippen molar-refractivity contribution in [2.45, 2.75) is 52.2 Å². The number of carbonyl (C=O) groups is 1. The second-order valence-electron chi connectivity index (χ2n) is 5.83. The maximum absolute atomic E-state index is 12.3. The molecule has 0 aliphatic carbocycles. The molecule has 0 bridgehead atoms. The number of amides is 1. The van der Waals surface area contributed by atoms with Crippen molar-refractivity contribution in [2.24, 2.45) is 0 Å². The third-order valence-corrected chi connectivity index (χ3v) is 4.63. The van der Waals surface area contributed by atoms with Gasteiger partial charge in [-0.25, -0.2) is 0 Å². The average molecular weight is 324 g/mol. The van der Waals surface area contributed by atoms with Crippen LogP contribution in [-0.2, 0) is 4.79 Å². The van der Waals surface area contributed by atoms with Crippen LogP contribution in [0.25, 0.3) is 0 Å². The first kappa shape index (κ1) is 19.0. The largest absolute Gasteiger partial charge is 0.388 e. The van der Waals surface area contributed by atoms with Crippen molar-refractivity contribution in [3.63, 3.8) is 0 Å². The molecular weight excluding hydrogens is 294 g/mol. The van der Waals surface area contributed by atoms with Crippen LogP contribution in [0, 0.1) is 0 Å². The summed E-state index contributed by atoms with van der Waals surface area (Å²) in [7, 11) is 0. The fraction of sp³-hybridized carbons (Fsp3) is 0.611. The van der Waals surface area contributed by atoms with Crippen LogP contribution >= 0.6 is 11.8 Å². The second-order valence-corrected chi connectivity index (χ2v) is 6.86. The van der Waals surface area contributed by atoms with E-state index in [1.54, 1.807) is 0 Å². The summed E-state index contributed by atoms with van der Waals surface area (Å²) in [5.74, 6) is 1.17. The molecule has 1 aromatic rings. The van der Waals surface area contributed by atoms with Crippen molar-refractivity contribution >= 4 is 17.7 Å². The van der Waals surface area contributed by atoms with Crippen molar-refractivity contribution in [1.82, 2.24) is 4.90 Å². The molecule has 1 atom stereocenters. The number of aliphatic hydroxyl groups is 1. The Balaban J connectivity index is 2.36. The summed E-state index contributed by atoms with van der Waals surface area (Å²) in [4.78, 5) is 14.3. The Morgan fingerprint density at radius 3 is 2.50 bits per heavy atom. The summed E-state index contributed by atoms with van der Waals surface area (Å²) < 4.78 is 0. The van der Waals surface area contributed by atoms with Gasteiger partial charge in [0.15, 0.2) is 0 Å². The van der Waals surface area contributed by atoms with Crippen LogP contribution in [0.15, 0.2) is 30.3 Å². The highest BCUT2D eigenvalue weighted by Gasteiger charge is 2.17. The lowest BCUT2D eigenvalue weighted by molar-refractivity contribution is -0.130. The quantitative estimate of drug-likeness (QED) is 0.664. The lowest BCUT2D eigenvalue weighted by atomic mass is 10.1. The first-order chi connectivity index (χ1) is 10.6. The minimum atomic E-state index is -0.508. The number of unbranched alkanes of at least 4 members (excludes halogenated alkanes) is 2. The molecule has 124 valence electrons. The lowest BCUT2D eigenvalue weighted by Gasteiger charge is -2.27. The number of rotatable bonds is 10. The van der Waals surface area contributed by atoms with Gasteiger partial charge in [0.25, 0.3) is 0 Å². The first-order valence-electron chi connectivity index (χ1n) is 8.16. The van der Waals surface area contributed by atoms with E-state index >= 15 is 0 Å². The van der Waals surface area contributed by atoms with E-state index in [0.29, 0.717) is 11.5 Å². The van der Waals surface area contributed by atoms with Gasteiger partial charge >= 0.3 is 0 Å². The van der Waals surface area contributed by atoms with Gasteiger partial charge in [-0.05, 0) is 25.8 Å². The highest BCUT2D eigenvalue weighted by Crippen LogP contribution is 2.18. The van der Waals surface area contributed by atoms with E-state index < -0.39 is 6.10 Å². The number of aliphatic hydroxyl groups excluding tert-OH is 1. The zero-order valence-corrected chi connectivity index (χ0v) is 14.8. The van der Waals surface area contributed by atoms with E-state index in [9.17, 15) is 9.90 Å². The molecule has 0 aliphatic rings. The number of hydrogen-bond acceptors (Lipinski definition) is 3. The fourth-order valence-electron chi connectivity index (χ4n) is 2.32. The number of carbonyl (C=O) groups excluding carboxylic acids is 1. The molecule has 1 N–H and O–H groups in total. The van der Waals surface area contributed by atoms with Gasteiger partial charge in [-0.15, -0.1) is 11.8 Å². The van der Waals surface area contributed by atoms with Gasteiger partial charge in [-0.2, -0.15) is 0 Å². The van der Waals surface area contributed by atoms with Gasteiger partial charge in [0.2, 0.25) is 5.91 Å². The molecule has 1 aromatic carbocycles. The molecule has 0 aliphatic heterocycles. The fourth-order valence-corrected chi connectivity index (χ4v) is 3.19. The molecule has 0 saturated heterocycles. The monoisotopic (exact) mass is 323 g/mol. The number of nitrogens with zero attached hydrogens (tertiary/aromatic N) is 1. The molecule has 1 rings (SSSR count). The van der Waals surface area contributed by atoms with Gasteiger partial charge in [-0.1, -0.05) is 50.1 Å². The van der Waals surface area contributed by atoms with Crippen LogP contribution in [0.1, 0.15) is 51.7 Å². The molecular formula is C18H29NO2S. The van der Waals surface area contributed by atoms with Gasteiger partial charge in [0.1, 0.15) is 0 Å². The number of thioether (sulfide) groups is 1. The van der Waals surface area contributed by atoms with Crippen molar-refractivity contribution in [2.75, 3.05) is 18.1 Å². The summed E-state index contributed by atoms with van der Waals surface area (Å²) in [6.45, 7) is 7.13. The van der Waals surface area contributed by atoms with Crippen LogP contribution in [0.4, 0.5) is 0 Å². The van der Waals surface area contributed by atoms with Crippen LogP contribution in [0.2, 0.25) is 0 Å². The Labute approximate surface area is 139 Å². The van der Waals surface area contributed by atoms with Crippen LogP contribution in [0.3, 0.4) is 0 Å². The van der Waals surface area contributed by atoms with Crippen LogP contribution < -0.4 is 0 Å². The minimum Gasteiger partial charge on any atom is -0.388 e. The normalized spacial score (nSPS) is 12.4. The summed E-state index contributed by atoms with van der Waals surface area (Å²) >= 11 is 1.51. The molecule has 0 fully saturated rings. The maximum atomic E-state index is 12.3. The molecule has 0 spiro atoms. The Morgan fingerprint density at radius 1 is 1.23 bits per heavy atom. The predicted molar refractivity (Wildman–Crippen MR) is 95.1 cm³/mol. The minimum absolute atomic E-state index is 0.177. The third kappa shape index (κ3) is 6.84. The van der Waals surface area contributed by atoms with E-state index in [-0.39, 0.29) is 11.9 Å². The molecule has 22 heavy (non-hydrogen) atoms. The number of hydrogen-bond donors (Lipinski definition) is 1. The molecule has 0 aromatic heterocycles. The highest BCUT2D eigenvalue weighted by atomic mass is 32.2. The van der Waals surface area contributed by atoms with Gasteiger partial charge in [0, 0.05) is 18.3 Å². The van der Waals surface area contributed by atoms with E-state index in [0.717, 1.165) is 31.4 Å². The van der Waals surface area contributed by atoms with Crippen molar-refractivity contribution in [3.8, 4) is 0 Å². The van der Waals surface area contributed by atoms with Crippen LogP contribution in [0.5, 0.6) is 0 Å². The smallest absolute Gasteiger partial charge is 0.232 e. The molecule has 0 saturated carbocycles. The van der Waals surface area contributed by atoms with Crippen molar-refractivity contribution < 1.29 is 9.90 Å². The summed E-state index contributed by atoms with van der Waals surface area (Å²) in [5.41, 5.74) is 0.908. The molecule has 0 heterocycles. The summed E-state index contributed by atoms with van der Waals surface area (Å²) in [5, 5.41) is 10.1. The first-order valence-corrected chi connectivity index (χ1v) is 9.32. The number of benzene rings is 1. The Bertz CT molecular complexity index is 422. The van der Waals surface area contributed by atoms with Crippen molar-refractivity contribution in [3.05, 3.63) is 35.9 Å². The lowest BCUT2D eigenvalue weighted by Crippen LogP contribution is -2.39. The zero-order chi connectivity index (χ0) is 16.4. The standard InChI is InChI=1S/C18H29NO2S/c1-4-5-9-12-19(15(2)3)18(21)14-22-13-17(20)16-10-7-6-8-11-16/h6-8,10-11,15,17,20H,4-5,9,12-14H2,1-3H3.